The fourth-order valence-electron chi connectivity index (χ4n) is 2.77. The van der Waals surface area contributed by atoms with E-state index in [1.54, 1.807) is 17.8 Å². The van der Waals surface area contributed by atoms with Gasteiger partial charge in [0, 0.05) is 33.2 Å². The fraction of sp³-hybridized carbons (Fsp3) is 0.0556. The topological polar surface area (TPSA) is 80.0 Å². The van der Waals surface area contributed by atoms with E-state index in [0.29, 0.717) is 10.6 Å². The average molecular weight is 447 g/mol. The Morgan fingerprint density at radius 2 is 2.19 bits per heavy atom. The van der Waals surface area contributed by atoms with Crippen molar-refractivity contribution in [3.63, 3.8) is 0 Å². The second-order valence-electron chi connectivity index (χ2n) is 5.72. The van der Waals surface area contributed by atoms with E-state index < -0.39 is 17.8 Å². The maximum atomic E-state index is 13.8. The lowest BCUT2D eigenvalue weighted by Gasteiger charge is -2.18. The van der Waals surface area contributed by atoms with Gasteiger partial charge in [0.05, 0.1) is 0 Å². The van der Waals surface area contributed by atoms with Crippen molar-refractivity contribution in [3.05, 3.63) is 70.0 Å². The number of fused-ring (bicyclic) bond motifs is 1. The molecule has 6 nitrogen and oxygen atoms in total. The molecule has 0 aliphatic rings. The van der Waals surface area contributed by atoms with Crippen molar-refractivity contribution < 1.29 is 14.3 Å². The van der Waals surface area contributed by atoms with Crippen LogP contribution in [0.3, 0.4) is 0 Å². The molecule has 2 heterocycles. The summed E-state index contributed by atoms with van der Waals surface area (Å²) in [6, 6.07) is 7.93. The summed E-state index contributed by atoms with van der Waals surface area (Å²) in [6.45, 7) is 0. The number of amides is 1. The lowest BCUT2D eigenvalue weighted by Crippen LogP contribution is -2.27. The highest BCUT2D eigenvalue weighted by molar-refractivity contribution is 9.10. The molecule has 27 heavy (non-hydrogen) atoms. The zero-order valence-electron chi connectivity index (χ0n) is 13.6. The number of carbonyl (C=O) groups is 1. The molecule has 1 amide bonds. The summed E-state index contributed by atoms with van der Waals surface area (Å²) in [5.74, 6) is -1.25. The highest BCUT2D eigenvalue weighted by atomic mass is 79.9. The average Bonchev–Trinajstić information content (AvgIpc) is 3.28. The Kier molecular flexibility index (Phi) is 4.63. The fourth-order valence-corrected chi connectivity index (χ4v) is 3.76. The number of aromatic nitrogens is 3. The van der Waals surface area contributed by atoms with Gasteiger partial charge in [-0.25, -0.2) is 9.37 Å². The van der Waals surface area contributed by atoms with Crippen LogP contribution >= 0.6 is 27.3 Å². The maximum Gasteiger partial charge on any atom is 0.255 e. The van der Waals surface area contributed by atoms with Gasteiger partial charge in [-0.15, -0.1) is 11.3 Å². The number of nitrogens with one attached hydrogen (secondary N) is 1. The molecule has 0 spiro atoms. The monoisotopic (exact) mass is 446 g/mol. The largest absolute Gasteiger partial charge is 0.508 e. The number of halogens is 2. The van der Waals surface area contributed by atoms with Gasteiger partial charge in [-0.3, -0.25) is 14.8 Å². The number of phenols is 1. The van der Waals surface area contributed by atoms with E-state index >= 15 is 0 Å². The molecule has 136 valence electrons. The Hall–Kier alpha value is -2.78. The van der Waals surface area contributed by atoms with Crippen LogP contribution < -0.4 is 5.32 Å². The van der Waals surface area contributed by atoms with Crippen molar-refractivity contribution in [1.82, 2.24) is 14.8 Å². The standard InChI is InChI=1S/C18H12BrFN4O2S/c19-13-3-1-2-10-9-24(23-15(10)13)16(12-8-11(20)4-5-14(12)25)17(26)22-18-21-6-7-27-18/h1-9,16,25H,(H,21,22,26)/t16-/m1/s1. The zero-order valence-corrected chi connectivity index (χ0v) is 16.0. The first-order chi connectivity index (χ1) is 13.0. The number of hydrogen-bond donors (Lipinski definition) is 2. The van der Waals surface area contributed by atoms with Crippen molar-refractivity contribution in [2.24, 2.45) is 0 Å². The minimum atomic E-state index is -1.08. The summed E-state index contributed by atoms with van der Waals surface area (Å²) < 4.78 is 16.0. The number of thiazole rings is 1. The second-order valence-corrected chi connectivity index (χ2v) is 7.47. The van der Waals surface area contributed by atoms with Crippen molar-refractivity contribution in [1.29, 1.82) is 0 Å². The molecule has 0 aliphatic carbocycles. The quantitative estimate of drug-likeness (QED) is 0.488. The maximum absolute atomic E-state index is 13.8. The lowest BCUT2D eigenvalue weighted by molar-refractivity contribution is -0.118. The van der Waals surface area contributed by atoms with E-state index in [2.05, 4.69) is 31.3 Å². The first-order valence-electron chi connectivity index (χ1n) is 7.85. The van der Waals surface area contributed by atoms with Crippen LogP contribution in [0.15, 0.2) is 58.6 Å². The summed E-state index contributed by atoms with van der Waals surface area (Å²) >= 11 is 4.69. The SMILES string of the molecule is O=C(Nc1nccs1)[C@@H](c1cc(F)ccc1O)n1cc2cccc(Br)c2n1. The van der Waals surface area contributed by atoms with Crippen LogP contribution in [0.25, 0.3) is 10.9 Å². The van der Waals surface area contributed by atoms with Gasteiger partial charge in [0.25, 0.3) is 5.91 Å². The van der Waals surface area contributed by atoms with Gasteiger partial charge in [0.2, 0.25) is 0 Å². The van der Waals surface area contributed by atoms with Crippen LogP contribution in [0, 0.1) is 5.82 Å². The molecule has 4 rings (SSSR count). The summed E-state index contributed by atoms with van der Waals surface area (Å²) in [7, 11) is 0. The summed E-state index contributed by atoms with van der Waals surface area (Å²) in [5, 5.41) is 20.3. The van der Waals surface area contributed by atoms with Crippen molar-refractivity contribution in [2.75, 3.05) is 5.32 Å². The molecule has 0 unspecified atom stereocenters. The molecule has 0 saturated carbocycles. The van der Waals surface area contributed by atoms with Crippen molar-refractivity contribution in [3.8, 4) is 5.75 Å². The minimum Gasteiger partial charge on any atom is -0.508 e. The normalized spacial score (nSPS) is 12.2. The molecule has 2 aromatic carbocycles. The molecule has 0 radical (unpaired) electrons. The molecule has 0 saturated heterocycles. The molecular formula is C18H12BrFN4O2S. The molecule has 0 bridgehead atoms. The van der Waals surface area contributed by atoms with Gasteiger partial charge in [-0.1, -0.05) is 12.1 Å². The van der Waals surface area contributed by atoms with E-state index in [1.165, 1.54) is 22.1 Å². The highest BCUT2D eigenvalue weighted by Crippen LogP contribution is 2.31. The molecule has 2 aromatic heterocycles. The Morgan fingerprint density at radius 1 is 1.33 bits per heavy atom. The Morgan fingerprint density at radius 3 is 2.93 bits per heavy atom. The van der Waals surface area contributed by atoms with Gasteiger partial charge >= 0.3 is 0 Å². The summed E-state index contributed by atoms with van der Waals surface area (Å²) in [6.07, 6.45) is 3.24. The molecule has 1 atom stereocenters. The van der Waals surface area contributed by atoms with Crippen LogP contribution in [-0.2, 0) is 4.79 Å². The number of benzene rings is 2. The first-order valence-corrected chi connectivity index (χ1v) is 9.52. The van der Waals surface area contributed by atoms with Gasteiger partial charge in [0.1, 0.15) is 17.1 Å². The summed E-state index contributed by atoms with van der Waals surface area (Å²) in [4.78, 5) is 17.0. The first kappa shape index (κ1) is 17.6. The van der Waals surface area contributed by atoms with Crippen LogP contribution in [0.1, 0.15) is 11.6 Å². The van der Waals surface area contributed by atoms with E-state index in [-0.39, 0.29) is 11.3 Å². The molecule has 0 fully saturated rings. The third kappa shape index (κ3) is 3.43. The van der Waals surface area contributed by atoms with E-state index in [9.17, 15) is 14.3 Å². The van der Waals surface area contributed by atoms with E-state index in [0.717, 1.165) is 22.0 Å². The minimum absolute atomic E-state index is 0.105. The van der Waals surface area contributed by atoms with Crippen molar-refractivity contribution >= 4 is 49.2 Å². The predicted molar refractivity (Wildman–Crippen MR) is 104 cm³/mol. The molecule has 0 aliphatic heterocycles. The molecule has 4 aromatic rings. The second kappa shape index (κ2) is 7.09. The number of aromatic hydroxyl groups is 1. The van der Waals surface area contributed by atoms with Crippen molar-refractivity contribution in [2.45, 2.75) is 6.04 Å². The Bertz CT molecular complexity index is 1130. The van der Waals surface area contributed by atoms with Crippen LogP contribution in [0.5, 0.6) is 5.75 Å². The number of carbonyl (C=O) groups excluding carboxylic acids is 1. The molecule has 9 heteroatoms. The number of hydrogen-bond acceptors (Lipinski definition) is 5. The van der Waals surface area contributed by atoms with Crippen LogP contribution in [0.2, 0.25) is 0 Å². The lowest BCUT2D eigenvalue weighted by atomic mass is 10.0. The van der Waals surface area contributed by atoms with E-state index in [4.69, 9.17) is 0 Å². The Balaban J connectivity index is 1.85. The predicted octanol–water partition coefficient (Wildman–Crippen LogP) is 4.33. The molecule has 2 N–H and O–H groups in total. The summed E-state index contributed by atoms with van der Waals surface area (Å²) in [5.41, 5.74) is 0.758. The third-order valence-electron chi connectivity index (χ3n) is 3.96. The van der Waals surface area contributed by atoms with Crippen LogP contribution in [0.4, 0.5) is 9.52 Å². The molecular weight excluding hydrogens is 435 g/mol. The third-order valence-corrected chi connectivity index (χ3v) is 5.29. The Labute approximate surface area is 165 Å². The number of phenolic OH excluding ortho intramolecular Hbond substituents is 1. The number of nitrogens with zero attached hydrogens (tertiary/aromatic N) is 3. The van der Waals surface area contributed by atoms with E-state index in [1.807, 2.05) is 18.2 Å². The van der Waals surface area contributed by atoms with Gasteiger partial charge in [-0.2, -0.15) is 5.10 Å². The zero-order chi connectivity index (χ0) is 19.0. The number of anilines is 1. The van der Waals surface area contributed by atoms with Gasteiger partial charge in [0.15, 0.2) is 11.2 Å². The smallest absolute Gasteiger partial charge is 0.255 e. The van der Waals surface area contributed by atoms with Crippen LogP contribution in [-0.4, -0.2) is 25.8 Å². The highest BCUT2D eigenvalue weighted by Gasteiger charge is 2.28. The van der Waals surface area contributed by atoms with Gasteiger partial charge in [-0.05, 0) is 40.2 Å². The number of rotatable bonds is 4. The van der Waals surface area contributed by atoms with Gasteiger partial charge < -0.3 is 5.11 Å².